The van der Waals surface area contributed by atoms with Gasteiger partial charge >= 0.3 is 6.03 Å². The zero-order chi connectivity index (χ0) is 20.9. The van der Waals surface area contributed by atoms with Crippen LogP contribution in [0.3, 0.4) is 0 Å². The molecule has 0 aliphatic heterocycles. The van der Waals surface area contributed by atoms with Crippen LogP contribution in [0.25, 0.3) is 11.0 Å². The molecule has 1 aliphatic carbocycles. The number of hydrogen-bond donors (Lipinski definition) is 3. The van der Waals surface area contributed by atoms with Crippen LogP contribution in [0.2, 0.25) is 5.02 Å². The van der Waals surface area contributed by atoms with Crippen molar-refractivity contribution in [2.24, 2.45) is 5.92 Å². The van der Waals surface area contributed by atoms with Gasteiger partial charge in [-0.3, -0.25) is 0 Å². The summed E-state index contributed by atoms with van der Waals surface area (Å²) in [4.78, 5) is 20.5. The maximum Gasteiger partial charge on any atom is 0.315 e. The summed E-state index contributed by atoms with van der Waals surface area (Å²) in [5, 5.41) is 6.84. The van der Waals surface area contributed by atoms with Crippen LogP contribution in [-0.4, -0.2) is 29.7 Å². The van der Waals surface area contributed by atoms with Crippen molar-refractivity contribution >= 4 is 28.7 Å². The Morgan fingerprint density at radius 2 is 2.10 bits per heavy atom. The number of halogens is 1. The number of hydrogen-bond acceptors (Lipinski definition) is 3. The predicted molar refractivity (Wildman–Crippen MR) is 119 cm³/mol. The van der Waals surface area contributed by atoms with E-state index in [-0.39, 0.29) is 12.1 Å². The van der Waals surface area contributed by atoms with Crippen molar-refractivity contribution in [3.63, 3.8) is 0 Å². The Hall–Kier alpha value is -2.73. The van der Waals surface area contributed by atoms with Crippen molar-refractivity contribution in [3.8, 4) is 5.75 Å². The number of rotatable bonds is 7. The molecule has 0 radical (unpaired) electrons. The largest absolute Gasteiger partial charge is 0.497 e. The molecule has 3 N–H and O–H groups in total. The van der Waals surface area contributed by atoms with Crippen LogP contribution in [0.5, 0.6) is 5.75 Å². The maximum absolute atomic E-state index is 12.6. The lowest BCUT2D eigenvalue weighted by Gasteiger charge is -2.25. The summed E-state index contributed by atoms with van der Waals surface area (Å²) in [5.41, 5.74) is 2.88. The molecule has 30 heavy (non-hydrogen) atoms. The number of urea groups is 1. The molecule has 0 spiro atoms. The van der Waals surface area contributed by atoms with Gasteiger partial charge in [0.1, 0.15) is 11.6 Å². The monoisotopic (exact) mass is 426 g/mol. The van der Waals surface area contributed by atoms with Crippen LogP contribution in [0.1, 0.15) is 43.1 Å². The Kier molecular flexibility index (Phi) is 6.43. The molecular formula is C23H27ClN4O2. The fourth-order valence-electron chi connectivity index (χ4n) is 4.24. The third kappa shape index (κ3) is 4.87. The molecular weight excluding hydrogens is 400 g/mol. The van der Waals surface area contributed by atoms with Crippen LogP contribution in [-0.2, 0) is 6.42 Å². The Bertz CT molecular complexity index is 1010. The van der Waals surface area contributed by atoms with Crippen LogP contribution < -0.4 is 15.4 Å². The van der Waals surface area contributed by atoms with Crippen molar-refractivity contribution in [2.45, 2.75) is 38.1 Å². The number of methoxy groups -OCH3 is 1. The minimum absolute atomic E-state index is 0.0233. The lowest BCUT2D eigenvalue weighted by atomic mass is 9.92. The van der Waals surface area contributed by atoms with E-state index in [0.717, 1.165) is 41.0 Å². The lowest BCUT2D eigenvalue weighted by molar-refractivity contribution is 0.231. The average molecular weight is 427 g/mol. The van der Waals surface area contributed by atoms with E-state index in [0.29, 0.717) is 23.9 Å². The van der Waals surface area contributed by atoms with Crippen LogP contribution in [0.4, 0.5) is 4.79 Å². The summed E-state index contributed by atoms with van der Waals surface area (Å²) in [6.45, 7) is 0.496. The van der Waals surface area contributed by atoms with Crippen molar-refractivity contribution in [1.29, 1.82) is 0 Å². The summed E-state index contributed by atoms with van der Waals surface area (Å²) in [7, 11) is 1.64. The third-order valence-electron chi connectivity index (χ3n) is 5.75. The first-order valence-electron chi connectivity index (χ1n) is 10.4. The molecule has 1 aliphatic rings. The highest BCUT2D eigenvalue weighted by molar-refractivity contribution is 6.30. The van der Waals surface area contributed by atoms with Gasteiger partial charge in [0.25, 0.3) is 0 Å². The number of fused-ring (bicyclic) bond motifs is 1. The number of nitrogens with one attached hydrogen (secondary N) is 3. The molecule has 3 aromatic rings. The standard InChI is InChI=1S/C23H27ClN4O2/c1-30-18-9-10-19-20(14-18)27-21(26-19)11-12-25-23(29)28-22(15-5-2-3-6-15)16-7-4-8-17(24)13-16/h4,7-10,13-15,22H,2-3,5-6,11-12H2,1H3,(H,26,27)(H2,25,28,29). The molecule has 0 bridgehead atoms. The van der Waals surface area contributed by atoms with E-state index in [9.17, 15) is 4.79 Å². The summed E-state index contributed by atoms with van der Waals surface area (Å²) >= 11 is 6.19. The molecule has 6 nitrogen and oxygen atoms in total. The molecule has 1 aromatic heterocycles. The molecule has 4 rings (SSSR count). The van der Waals surface area contributed by atoms with Crippen molar-refractivity contribution in [3.05, 3.63) is 58.9 Å². The Balaban J connectivity index is 1.35. The Morgan fingerprint density at radius 3 is 2.87 bits per heavy atom. The topological polar surface area (TPSA) is 79.0 Å². The van der Waals surface area contributed by atoms with Gasteiger partial charge in [-0.25, -0.2) is 9.78 Å². The molecule has 158 valence electrons. The van der Waals surface area contributed by atoms with Gasteiger partial charge in [-0.2, -0.15) is 0 Å². The third-order valence-corrected chi connectivity index (χ3v) is 5.99. The fraction of sp³-hybridized carbons (Fsp3) is 0.391. The van der Waals surface area contributed by atoms with E-state index < -0.39 is 0 Å². The summed E-state index contributed by atoms with van der Waals surface area (Å²) in [6, 6.07) is 13.3. The number of imidazole rings is 1. The predicted octanol–water partition coefficient (Wildman–Crippen LogP) is 5.00. The van der Waals surface area contributed by atoms with Crippen LogP contribution in [0, 0.1) is 5.92 Å². The van der Waals surface area contributed by atoms with Crippen molar-refractivity contribution in [2.75, 3.05) is 13.7 Å². The summed E-state index contributed by atoms with van der Waals surface area (Å²) < 4.78 is 5.25. The van der Waals surface area contributed by atoms with Gasteiger partial charge in [-0.15, -0.1) is 0 Å². The highest BCUT2D eigenvalue weighted by Crippen LogP contribution is 2.36. The van der Waals surface area contributed by atoms with Gasteiger partial charge in [0.05, 0.1) is 24.2 Å². The minimum atomic E-state index is -0.162. The lowest BCUT2D eigenvalue weighted by Crippen LogP contribution is -2.41. The molecule has 1 fully saturated rings. The number of amides is 2. The van der Waals surface area contributed by atoms with E-state index in [2.05, 4.69) is 20.6 Å². The molecule has 1 saturated carbocycles. The van der Waals surface area contributed by atoms with Crippen LogP contribution in [0.15, 0.2) is 42.5 Å². The highest BCUT2D eigenvalue weighted by atomic mass is 35.5. The van der Waals surface area contributed by atoms with E-state index >= 15 is 0 Å². The van der Waals surface area contributed by atoms with Crippen LogP contribution >= 0.6 is 11.6 Å². The van der Waals surface area contributed by atoms with E-state index in [1.165, 1.54) is 12.8 Å². The van der Waals surface area contributed by atoms with Crippen molar-refractivity contribution < 1.29 is 9.53 Å². The molecule has 0 saturated heterocycles. The molecule has 1 atom stereocenters. The summed E-state index contributed by atoms with van der Waals surface area (Å²) in [5.74, 6) is 2.06. The molecule has 2 amide bonds. The quantitative estimate of drug-likeness (QED) is 0.497. The normalized spacial score (nSPS) is 15.3. The first-order chi connectivity index (χ1) is 14.6. The number of carbonyl (C=O) groups excluding carboxylic acids is 1. The molecule has 7 heteroatoms. The Morgan fingerprint density at radius 1 is 1.27 bits per heavy atom. The van der Waals surface area contributed by atoms with E-state index in [1.807, 2.05) is 42.5 Å². The van der Waals surface area contributed by atoms with Gasteiger partial charge in [0.15, 0.2) is 0 Å². The van der Waals surface area contributed by atoms with Gasteiger partial charge in [-0.05, 0) is 48.6 Å². The number of ether oxygens (including phenoxy) is 1. The SMILES string of the molecule is COc1ccc2nc(CCNC(=O)NC(c3cccc(Cl)c3)C3CCCC3)[nH]c2c1. The zero-order valence-corrected chi connectivity index (χ0v) is 17.8. The average Bonchev–Trinajstić information content (AvgIpc) is 3.41. The first-order valence-corrected chi connectivity index (χ1v) is 10.8. The zero-order valence-electron chi connectivity index (χ0n) is 17.1. The number of H-pyrrole nitrogens is 1. The molecule has 1 heterocycles. The number of benzene rings is 2. The maximum atomic E-state index is 12.6. The Labute approximate surface area is 181 Å². The van der Waals surface area contributed by atoms with Gasteiger partial charge in [0.2, 0.25) is 0 Å². The van der Waals surface area contributed by atoms with Gasteiger partial charge in [0, 0.05) is 24.1 Å². The molecule has 1 unspecified atom stereocenters. The first kappa shape index (κ1) is 20.5. The van der Waals surface area contributed by atoms with E-state index in [1.54, 1.807) is 7.11 Å². The number of carbonyl (C=O) groups is 1. The summed E-state index contributed by atoms with van der Waals surface area (Å²) in [6.07, 6.45) is 5.29. The second kappa shape index (κ2) is 9.39. The number of nitrogens with zero attached hydrogens (tertiary/aromatic N) is 1. The number of aromatic nitrogens is 2. The van der Waals surface area contributed by atoms with Gasteiger partial charge < -0.3 is 20.4 Å². The fourth-order valence-corrected chi connectivity index (χ4v) is 4.44. The second-order valence-corrected chi connectivity index (χ2v) is 8.23. The smallest absolute Gasteiger partial charge is 0.315 e. The molecule has 2 aromatic carbocycles. The van der Waals surface area contributed by atoms with Crippen molar-refractivity contribution in [1.82, 2.24) is 20.6 Å². The second-order valence-electron chi connectivity index (χ2n) is 7.79. The highest BCUT2D eigenvalue weighted by Gasteiger charge is 2.27. The van der Waals surface area contributed by atoms with E-state index in [4.69, 9.17) is 16.3 Å². The van der Waals surface area contributed by atoms with Gasteiger partial charge in [-0.1, -0.05) is 36.6 Å². The number of aromatic amines is 1. The minimum Gasteiger partial charge on any atom is -0.497 e.